The zero-order valence-corrected chi connectivity index (χ0v) is 8.56. The number of anilines is 1. The first-order valence-corrected chi connectivity index (χ1v) is 4.58. The van der Waals surface area contributed by atoms with Gasteiger partial charge in [-0.15, -0.1) is 10.2 Å². The number of nitrogens with one attached hydrogen (secondary N) is 2. The molecule has 0 aliphatic heterocycles. The fraction of sp³-hybridized carbons (Fsp3) is 0. The van der Waals surface area contributed by atoms with Gasteiger partial charge in [-0.1, -0.05) is 11.6 Å². The maximum absolute atomic E-state index is 11.5. The van der Waals surface area contributed by atoms with Crippen LogP contribution in [0.2, 0.25) is 5.02 Å². The topological polar surface area (TPSA) is 104 Å². The van der Waals surface area contributed by atoms with Crippen LogP contribution in [0.15, 0.2) is 18.2 Å². The minimum absolute atomic E-state index is 0.0563. The Morgan fingerprint density at radius 2 is 2.31 bits per heavy atom. The second-order valence-electron chi connectivity index (χ2n) is 2.86. The van der Waals surface area contributed by atoms with Crippen molar-refractivity contribution in [1.82, 2.24) is 20.6 Å². The lowest BCUT2D eigenvalue weighted by Gasteiger charge is -2.03. The molecular formula is C8H6ClN5O2. The predicted octanol–water partition coefficient (Wildman–Crippen LogP) is 0.811. The van der Waals surface area contributed by atoms with Gasteiger partial charge in [0.1, 0.15) is 5.75 Å². The molecule has 82 valence electrons. The third kappa shape index (κ3) is 2.09. The Hall–Kier alpha value is -2.15. The van der Waals surface area contributed by atoms with Gasteiger partial charge in [-0.2, -0.15) is 5.21 Å². The lowest BCUT2D eigenvalue weighted by Crippen LogP contribution is -2.13. The number of amides is 1. The molecule has 1 aromatic heterocycles. The Morgan fingerprint density at radius 1 is 1.50 bits per heavy atom. The summed E-state index contributed by atoms with van der Waals surface area (Å²) in [4.78, 5) is 11.5. The fourth-order valence-corrected chi connectivity index (χ4v) is 1.21. The van der Waals surface area contributed by atoms with Gasteiger partial charge in [0.05, 0.1) is 5.02 Å². The molecule has 0 aliphatic rings. The average Bonchev–Trinajstić information content (AvgIpc) is 2.77. The molecule has 0 aliphatic carbocycles. The number of phenolic OH excluding ortho intramolecular Hbond substituents is 1. The third-order valence-electron chi connectivity index (χ3n) is 1.75. The van der Waals surface area contributed by atoms with Crippen molar-refractivity contribution in [3.05, 3.63) is 29.0 Å². The summed E-state index contributed by atoms with van der Waals surface area (Å²) in [6.45, 7) is 0. The number of benzene rings is 1. The molecule has 1 aromatic carbocycles. The Morgan fingerprint density at radius 3 is 2.94 bits per heavy atom. The van der Waals surface area contributed by atoms with Gasteiger partial charge in [0.2, 0.25) is 0 Å². The summed E-state index contributed by atoms with van der Waals surface area (Å²) in [5, 5.41) is 24.2. The van der Waals surface area contributed by atoms with Gasteiger partial charge in [0, 0.05) is 5.69 Å². The lowest BCUT2D eigenvalue weighted by atomic mass is 10.3. The third-order valence-corrected chi connectivity index (χ3v) is 2.06. The summed E-state index contributed by atoms with van der Waals surface area (Å²) in [5.41, 5.74) is 0.428. The molecule has 2 rings (SSSR count). The summed E-state index contributed by atoms with van der Waals surface area (Å²) in [6, 6.07) is 4.28. The molecule has 2 aromatic rings. The minimum atomic E-state index is -0.518. The molecule has 0 unspecified atom stereocenters. The molecule has 0 saturated carbocycles. The largest absolute Gasteiger partial charge is 0.506 e. The molecule has 0 bridgehead atoms. The first-order valence-electron chi connectivity index (χ1n) is 4.20. The zero-order valence-electron chi connectivity index (χ0n) is 7.81. The van der Waals surface area contributed by atoms with Crippen molar-refractivity contribution < 1.29 is 9.90 Å². The number of carbonyl (C=O) groups excluding carboxylic acids is 1. The number of aromatic amines is 1. The number of aromatic nitrogens is 4. The highest BCUT2D eigenvalue weighted by Crippen LogP contribution is 2.26. The Labute approximate surface area is 94.4 Å². The average molecular weight is 240 g/mol. The van der Waals surface area contributed by atoms with Gasteiger partial charge in [0.15, 0.2) is 0 Å². The van der Waals surface area contributed by atoms with Crippen LogP contribution in [-0.4, -0.2) is 31.6 Å². The molecule has 0 fully saturated rings. The van der Waals surface area contributed by atoms with E-state index in [4.69, 9.17) is 11.6 Å². The summed E-state index contributed by atoms with van der Waals surface area (Å²) < 4.78 is 0. The molecule has 0 spiro atoms. The first kappa shape index (κ1) is 10.4. The van der Waals surface area contributed by atoms with Crippen LogP contribution in [0, 0.1) is 0 Å². The molecule has 0 saturated heterocycles. The van der Waals surface area contributed by atoms with Gasteiger partial charge in [0.25, 0.3) is 11.7 Å². The minimum Gasteiger partial charge on any atom is -0.506 e. The summed E-state index contributed by atoms with van der Waals surface area (Å²) in [7, 11) is 0. The van der Waals surface area contributed by atoms with Crippen LogP contribution in [0.4, 0.5) is 5.69 Å². The maximum atomic E-state index is 11.5. The summed E-state index contributed by atoms with van der Waals surface area (Å²) >= 11 is 5.67. The number of tetrazole rings is 1. The van der Waals surface area contributed by atoms with Crippen molar-refractivity contribution in [2.24, 2.45) is 0 Å². The van der Waals surface area contributed by atoms with Gasteiger partial charge in [-0.3, -0.25) is 4.79 Å². The highest BCUT2D eigenvalue weighted by molar-refractivity contribution is 6.32. The van der Waals surface area contributed by atoms with E-state index in [1.165, 1.54) is 18.2 Å². The van der Waals surface area contributed by atoms with E-state index >= 15 is 0 Å². The summed E-state index contributed by atoms with van der Waals surface area (Å²) in [6.07, 6.45) is 0. The zero-order chi connectivity index (χ0) is 11.5. The van der Waals surface area contributed by atoms with E-state index in [9.17, 15) is 9.90 Å². The van der Waals surface area contributed by atoms with Crippen LogP contribution in [-0.2, 0) is 0 Å². The monoisotopic (exact) mass is 239 g/mol. The van der Waals surface area contributed by atoms with Crippen LogP contribution in [0.25, 0.3) is 0 Å². The predicted molar refractivity (Wildman–Crippen MR) is 55.2 cm³/mol. The Kier molecular flexibility index (Phi) is 2.69. The second-order valence-corrected chi connectivity index (χ2v) is 3.26. The molecule has 8 heteroatoms. The van der Waals surface area contributed by atoms with Crippen molar-refractivity contribution in [3.8, 4) is 5.75 Å². The van der Waals surface area contributed by atoms with Gasteiger partial charge >= 0.3 is 0 Å². The van der Waals surface area contributed by atoms with Crippen LogP contribution in [0.1, 0.15) is 10.6 Å². The number of hydrogen-bond acceptors (Lipinski definition) is 5. The van der Waals surface area contributed by atoms with Crippen LogP contribution in [0.5, 0.6) is 5.75 Å². The van der Waals surface area contributed by atoms with E-state index in [0.29, 0.717) is 5.69 Å². The number of carbonyl (C=O) groups is 1. The van der Waals surface area contributed by atoms with Crippen LogP contribution in [0.3, 0.4) is 0 Å². The first-order chi connectivity index (χ1) is 7.66. The highest BCUT2D eigenvalue weighted by Gasteiger charge is 2.11. The van der Waals surface area contributed by atoms with E-state index in [1.807, 2.05) is 0 Å². The smallest absolute Gasteiger partial charge is 0.297 e. The van der Waals surface area contributed by atoms with Crippen molar-refractivity contribution in [2.75, 3.05) is 5.32 Å². The molecular weight excluding hydrogens is 234 g/mol. The molecule has 1 heterocycles. The van der Waals surface area contributed by atoms with Crippen molar-refractivity contribution >= 4 is 23.2 Å². The van der Waals surface area contributed by atoms with Gasteiger partial charge in [-0.25, -0.2) is 0 Å². The van der Waals surface area contributed by atoms with Crippen molar-refractivity contribution in [2.45, 2.75) is 0 Å². The highest BCUT2D eigenvalue weighted by atomic mass is 35.5. The van der Waals surface area contributed by atoms with E-state index in [2.05, 4.69) is 25.9 Å². The van der Waals surface area contributed by atoms with Crippen molar-refractivity contribution in [1.29, 1.82) is 0 Å². The van der Waals surface area contributed by atoms with Crippen molar-refractivity contribution in [3.63, 3.8) is 0 Å². The number of nitrogens with zero attached hydrogens (tertiary/aromatic N) is 3. The molecule has 1 amide bonds. The van der Waals surface area contributed by atoms with E-state index in [-0.39, 0.29) is 16.6 Å². The molecule has 0 atom stereocenters. The summed E-state index contributed by atoms with van der Waals surface area (Å²) in [5.74, 6) is -0.654. The number of H-pyrrole nitrogens is 1. The fourth-order valence-electron chi connectivity index (χ4n) is 1.03. The van der Waals surface area contributed by atoms with Gasteiger partial charge < -0.3 is 10.4 Å². The maximum Gasteiger partial charge on any atom is 0.297 e. The number of rotatable bonds is 2. The quantitative estimate of drug-likeness (QED) is 0.673. The second kappa shape index (κ2) is 4.15. The van der Waals surface area contributed by atoms with E-state index in [1.54, 1.807) is 0 Å². The number of halogens is 1. The van der Waals surface area contributed by atoms with E-state index in [0.717, 1.165) is 0 Å². The Balaban J connectivity index is 2.15. The number of phenols is 1. The molecule has 16 heavy (non-hydrogen) atoms. The lowest BCUT2D eigenvalue weighted by molar-refractivity contribution is 0.101. The van der Waals surface area contributed by atoms with Gasteiger partial charge in [-0.05, 0) is 23.4 Å². The number of hydrogen-bond donors (Lipinski definition) is 3. The molecule has 0 radical (unpaired) electrons. The molecule has 7 nitrogen and oxygen atoms in total. The Bertz CT molecular complexity index is 513. The SMILES string of the molecule is O=C(Nc1ccc(O)c(Cl)c1)c1nn[nH]n1. The number of aromatic hydroxyl groups is 1. The van der Waals surface area contributed by atoms with E-state index < -0.39 is 5.91 Å². The normalized spacial score (nSPS) is 10.1. The standard InChI is InChI=1S/C8H6ClN5O2/c9-5-3-4(1-2-6(5)15)10-8(16)7-11-13-14-12-7/h1-3,15H,(H,10,16)(H,11,12,13,14). The molecule has 3 N–H and O–H groups in total. The van der Waals surface area contributed by atoms with Crippen LogP contribution >= 0.6 is 11.6 Å². The van der Waals surface area contributed by atoms with Crippen LogP contribution < -0.4 is 5.32 Å².